The second kappa shape index (κ2) is 6.40. The van der Waals surface area contributed by atoms with Gasteiger partial charge in [-0.1, -0.05) is 0 Å². The number of aromatic nitrogens is 3. The summed E-state index contributed by atoms with van der Waals surface area (Å²) in [7, 11) is 0. The number of hydrogen-bond acceptors (Lipinski definition) is 6. The van der Waals surface area contributed by atoms with Crippen LogP contribution >= 0.6 is 0 Å². The number of nitrogen functional groups attached to an aromatic ring is 1. The number of carbonyl (C=O) groups excluding carboxylic acids is 1. The van der Waals surface area contributed by atoms with Gasteiger partial charge in [-0.15, -0.1) is 0 Å². The minimum absolute atomic E-state index is 0.265. The molecule has 144 valence electrons. The van der Waals surface area contributed by atoms with Crippen LogP contribution in [0.3, 0.4) is 0 Å². The third-order valence-electron chi connectivity index (χ3n) is 5.97. The van der Waals surface area contributed by atoms with Crippen molar-refractivity contribution < 1.29 is 4.79 Å². The minimum atomic E-state index is -0.468. The van der Waals surface area contributed by atoms with E-state index in [0.717, 1.165) is 48.2 Å². The molecule has 6 N–H and O–H groups in total. The maximum atomic E-state index is 11.9. The number of nitrogens with zero attached hydrogens (tertiary/aromatic N) is 3. The van der Waals surface area contributed by atoms with Gasteiger partial charge in [0, 0.05) is 35.9 Å². The summed E-state index contributed by atoms with van der Waals surface area (Å²) >= 11 is 0. The molecule has 0 aliphatic carbocycles. The second-order valence-electron chi connectivity index (χ2n) is 7.71. The van der Waals surface area contributed by atoms with Crippen molar-refractivity contribution in [2.24, 2.45) is 5.73 Å². The summed E-state index contributed by atoms with van der Waals surface area (Å²) in [4.78, 5) is 26.3. The molecule has 0 saturated carbocycles. The molecule has 1 amide bonds. The van der Waals surface area contributed by atoms with E-state index in [9.17, 15) is 4.79 Å². The minimum Gasteiger partial charge on any atom is -0.397 e. The zero-order valence-electron chi connectivity index (χ0n) is 15.4. The van der Waals surface area contributed by atoms with Gasteiger partial charge in [-0.05, 0) is 43.9 Å². The van der Waals surface area contributed by atoms with E-state index < -0.39 is 5.91 Å². The quantitative estimate of drug-likeness (QED) is 0.552. The van der Waals surface area contributed by atoms with Gasteiger partial charge in [0.2, 0.25) is 0 Å². The number of piperidine rings is 1. The van der Waals surface area contributed by atoms with Crippen LogP contribution in [-0.4, -0.2) is 39.0 Å². The Kier molecular flexibility index (Phi) is 3.85. The number of nitrogens with one attached hydrogen (secondary N) is 2. The smallest absolute Gasteiger partial charge is 0.252 e. The Labute approximate surface area is 162 Å². The van der Waals surface area contributed by atoms with Crippen LogP contribution in [0, 0.1) is 0 Å². The summed E-state index contributed by atoms with van der Waals surface area (Å²) in [5.41, 5.74) is 14.0. The Balaban J connectivity index is 1.41. The summed E-state index contributed by atoms with van der Waals surface area (Å²) in [6.45, 7) is 0. The van der Waals surface area contributed by atoms with Crippen LogP contribution in [0.25, 0.3) is 11.0 Å². The van der Waals surface area contributed by atoms with Crippen molar-refractivity contribution in [3.63, 3.8) is 0 Å². The molecule has 3 atom stereocenters. The molecule has 0 radical (unpaired) electrons. The average molecular weight is 377 g/mol. The zero-order chi connectivity index (χ0) is 19.3. The lowest BCUT2D eigenvalue weighted by Gasteiger charge is -2.40. The van der Waals surface area contributed by atoms with E-state index in [1.807, 2.05) is 24.4 Å². The number of carbonyl (C=O) groups is 1. The van der Waals surface area contributed by atoms with Crippen molar-refractivity contribution in [1.29, 1.82) is 0 Å². The highest BCUT2D eigenvalue weighted by Gasteiger charge is 2.41. The number of primary amides is 1. The van der Waals surface area contributed by atoms with E-state index in [1.165, 1.54) is 0 Å². The number of aromatic amines is 1. The maximum Gasteiger partial charge on any atom is 0.252 e. The molecule has 2 bridgehead atoms. The Morgan fingerprint density at radius 1 is 1.14 bits per heavy atom. The van der Waals surface area contributed by atoms with Crippen molar-refractivity contribution in [1.82, 2.24) is 15.0 Å². The molecule has 3 aromatic heterocycles. The summed E-state index contributed by atoms with van der Waals surface area (Å²) < 4.78 is 0. The Hall–Kier alpha value is -3.29. The van der Waals surface area contributed by atoms with Crippen LogP contribution in [0.1, 0.15) is 36.0 Å². The molecular formula is C20H23N7O. The van der Waals surface area contributed by atoms with Gasteiger partial charge in [0.25, 0.3) is 5.91 Å². The molecule has 8 nitrogen and oxygen atoms in total. The SMILES string of the molecule is NC(=O)c1cnc2[nH]ccc2c1N[C@@H]1C[C@H]2CC[C@@H](C1)N2c1ccc(N)cn1. The second-order valence-corrected chi connectivity index (χ2v) is 7.71. The number of rotatable bonds is 4. The normalized spacial score (nSPS) is 23.9. The fraction of sp³-hybridized carbons (Fsp3) is 0.350. The van der Waals surface area contributed by atoms with Crippen molar-refractivity contribution in [2.45, 2.75) is 43.8 Å². The highest BCUT2D eigenvalue weighted by molar-refractivity contribution is 6.06. The first kappa shape index (κ1) is 16.9. The van der Waals surface area contributed by atoms with E-state index >= 15 is 0 Å². The lowest BCUT2D eigenvalue weighted by atomic mass is 9.96. The zero-order valence-corrected chi connectivity index (χ0v) is 15.4. The molecule has 5 rings (SSSR count). The van der Waals surface area contributed by atoms with Crippen LogP contribution in [0.2, 0.25) is 0 Å². The van der Waals surface area contributed by atoms with E-state index in [2.05, 4.69) is 25.2 Å². The number of nitrogens with two attached hydrogens (primary N) is 2. The van der Waals surface area contributed by atoms with E-state index in [0.29, 0.717) is 23.3 Å². The number of hydrogen-bond donors (Lipinski definition) is 4. The molecule has 2 fully saturated rings. The first-order valence-corrected chi connectivity index (χ1v) is 9.62. The molecule has 2 saturated heterocycles. The van der Waals surface area contributed by atoms with Crippen molar-refractivity contribution in [3.8, 4) is 0 Å². The standard InChI is InChI=1S/C20H23N7O/c21-11-1-4-17(24-9-11)27-13-2-3-14(27)8-12(7-13)26-18-15-5-6-23-20(15)25-10-16(18)19(22)28/h1,4-6,9-10,12-14H,2-3,7-8,21H2,(H2,22,28)(H2,23,25,26)/t12-,13-,14+. The highest BCUT2D eigenvalue weighted by atomic mass is 16.1. The predicted molar refractivity (Wildman–Crippen MR) is 109 cm³/mol. The van der Waals surface area contributed by atoms with Crippen LogP contribution in [0.5, 0.6) is 0 Å². The van der Waals surface area contributed by atoms with Crippen molar-refractivity contribution in [2.75, 3.05) is 16.0 Å². The molecule has 28 heavy (non-hydrogen) atoms. The fourth-order valence-corrected chi connectivity index (χ4v) is 4.77. The van der Waals surface area contributed by atoms with Gasteiger partial charge < -0.3 is 26.7 Å². The fourth-order valence-electron chi connectivity index (χ4n) is 4.77. The number of fused-ring (bicyclic) bond motifs is 3. The van der Waals surface area contributed by atoms with E-state index in [1.54, 1.807) is 12.4 Å². The largest absolute Gasteiger partial charge is 0.397 e. The first-order chi connectivity index (χ1) is 13.6. The number of H-pyrrole nitrogens is 1. The van der Waals surface area contributed by atoms with Crippen molar-refractivity contribution >= 4 is 34.1 Å². The summed E-state index contributed by atoms with van der Waals surface area (Å²) in [6.07, 6.45) is 9.35. The van der Waals surface area contributed by atoms with Gasteiger partial charge in [0.15, 0.2) is 0 Å². The molecule has 0 spiro atoms. The van der Waals surface area contributed by atoms with Crippen LogP contribution in [0.15, 0.2) is 36.8 Å². The summed E-state index contributed by atoms with van der Waals surface area (Å²) in [5.74, 6) is 0.527. The Bertz CT molecular complexity index is 1010. The molecular weight excluding hydrogens is 354 g/mol. The first-order valence-electron chi connectivity index (χ1n) is 9.62. The van der Waals surface area contributed by atoms with Gasteiger partial charge >= 0.3 is 0 Å². The summed E-state index contributed by atoms with van der Waals surface area (Å²) in [6, 6.07) is 6.96. The number of anilines is 3. The van der Waals surface area contributed by atoms with Crippen molar-refractivity contribution in [3.05, 3.63) is 42.4 Å². The van der Waals surface area contributed by atoms with Gasteiger partial charge in [-0.3, -0.25) is 4.79 Å². The lowest BCUT2D eigenvalue weighted by Crippen LogP contribution is -2.47. The monoisotopic (exact) mass is 377 g/mol. The number of pyridine rings is 2. The Morgan fingerprint density at radius 2 is 1.93 bits per heavy atom. The van der Waals surface area contributed by atoms with Gasteiger partial charge in [0.05, 0.1) is 23.1 Å². The molecule has 8 heteroatoms. The third kappa shape index (κ3) is 2.72. The lowest BCUT2D eigenvalue weighted by molar-refractivity contribution is 0.100. The molecule has 0 unspecified atom stereocenters. The van der Waals surface area contributed by atoms with E-state index in [4.69, 9.17) is 11.5 Å². The predicted octanol–water partition coefficient (Wildman–Crippen LogP) is 2.25. The molecule has 3 aromatic rings. The molecule has 0 aromatic carbocycles. The van der Waals surface area contributed by atoms with Crippen LogP contribution in [0.4, 0.5) is 17.2 Å². The Morgan fingerprint density at radius 3 is 2.61 bits per heavy atom. The highest BCUT2D eigenvalue weighted by Crippen LogP contribution is 2.40. The average Bonchev–Trinajstić information content (AvgIpc) is 3.25. The molecule has 2 aliphatic heterocycles. The molecule has 2 aliphatic rings. The van der Waals surface area contributed by atoms with Gasteiger partial charge in [0.1, 0.15) is 11.5 Å². The maximum absolute atomic E-state index is 11.9. The van der Waals surface area contributed by atoms with E-state index in [-0.39, 0.29) is 6.04 Å². The van der Waals surface area contributed by atoms with Gasteiger partial charge in [-0.25, -0.2) is 9.97 Å². The summed E-state index contributed by atoms with van der Waals surface area (Å²) in [5, 5.41) is 4.51. The van der Waals surface area contributed by atoms with Gasteiger partial charge in [-0.2, -0.15) is 0 Å². The third-order valence-corrected chi connectivity index (χ3v) is 5.97. The number of amides is 1. The van der Waals surface area contributed by atoms with Crippen LogP contribution in [-0.2, 0) is 0 Å². The van der Waals surface area contributed by atoms with Crippen LogP contribution < -0.4 is 21.7 Å². The topological polar surface area (TPSA) is 126 Å². The molecule has 5 heterocycles.